The van der Waals surface area contributed by atoms with E-state index >= 15 is 0 Å². The van der Waals surface area contributed by atoms with Crippen LogP contribution in [0, 0.1) is 11.3 Å². The number of hydrogen-bond acceptors (Lipinski definition) is 7. The predicted molar refractivity (Wildman–Crippen MR) is 140 cm³/mol. The van der Waals surface area contributed by atoms with Gasteiger partial charge in [0.2, 0.25) is 0 Å². The van der Waals surface area contributed by atoms with Gasteiger partial charge in [0.05, 0.1) is 47.8 Å². The zero-order valence-corrected chi connectivity index (χ0v) is 22.1. The summed E-state index contributed by atoms with van der Waals surface area (Å²) in [6.07, 6.45) is 0.471. The molecule has 0 aliphatic heterocycles. The molecule has 0 fully saturated rings. The second kappa shape index (κ2) is 12.1. The predicted octanol–water partition coefficient (Wildman–Crippen LogP) is 6.58. The van der Waals surface area contributed by atoms with Crippen LogP contribution < -0.4 is 14.4 Å². The van der Waals surface area contributed by atoms with Crippen molar-refractivity contribution >= 4 is 23.2 Å². The number of hydrogen-bond donors (Lipinski definition) is 0. The lowest BCUT2D eigenvalue weighted by molar-refractivity contribution is -0.141. The lowest BCUT2D eigenvalue weighted by atomic mass is 9.98. The highest BCUT2D eigenvalue weighted by Crippen LogP contribution is 2.39. The number of halogens is 4. The lowest BCUT2D eigenvalue weighted by Gasteiger charge is -2.22. The van der Waals surface area contributed by atoms with Gasteiger partial charge in [0.25, 0.3) is 5.91 Å². The molecule has 0 N–H and O–H groups in total. The first-order valence-electron chi connectivity index (χ1n) is 11.9. The number of alkyl halides is 3. The Morgan fingerprint density at radius 1 is 1.15 bits per heavy atom. The number of nitriles is 1. The number of amides is 1. The topological polar surface area (TPSA) is 101 Å². The number of aryl methyl sites for hydroxylation is 1. The van der Waals surface area contributed by atoms with Gasteiger partial charge in [-0.2, -0.15) is 18.4 Å². The third kappa shape index (κ3) is 6.18. The van der Waals surface area contributed by atoms with E-state index in [4.69, 9.17) is 25.6 Å². The Balaban J connectivity index is 1.75. The fraction of sp³-hybridized carbons (Fsp3) is 0.214. The van der Waals surface area contributed by atoms with Gasteiger partial charge in [-0.25, -0.2) is 0 Å². The van der Waals surface area contributed by atoms with Crippen LogP contribution in [0.2, 0.25) is 5.02 Å². The smallest absolute Gasteiger partial charge is 0.433 e. The Hall–Kier alpha value is -4.56. The maximum Gasteiger partial charge on any atom is 0.433 e. The van der Waals surface area contributed by atoms with E-state index in [1.165, 1.54) is 30.4 Å². The summed E-state index contributed by atoms with van der Waals surface area (Å²) in [5.74, 6) is 0.0986. The standard InChI is InChI=1S/C28H22ClF3N4O4/c1-36(23-7-3-4-8-24(23)38-2)27(37)20-11-19(21-15-34-26(28(30,31)32)10-18(21)13-33)22(29)12-25(20)39-9-5-6-17-14-35-40-16-17/h3-4,7-8,10-12,14-16H,5-6,9H2,1-2H3. The first-order valence-corrected chi connectivity index (χ1v) is 12.2. The second-order valence-electron chi connectivity index (χ2n) is 8.57. The summed E-state index contributed by atoms with van der Waals surface area (Å²) >= 11 is 6.53. The van der Waals surface area contributed by atoms with E-state index in [9.17, 15) is 23.2 Å². The van der Waals surface area contributed by atoms with Crippen LogP contribution in [0.4, 0.5) is 18.9 Å². The monoisotopic (exact) mass is 570 g/mol. The van der Waals surface area contributed by atoms with Crippen LogP contribution in [0.1, 0.15) is 33.6 Å². The molecule has 0 bridgehead atoms. The highest BCUT2D eigenvalue weighted by atomic mass is 35.5. The number of para-hydroxylation sites is 2. The molecule has 12 heteroatoms. The number of rotatable bonds is 9. The van der Waals surface area contributed by atoms with Gasteiger partial charge in [-0.05, 0) is 37.1 Å². The van der Waals surface area contributed by atoms with Crippen LogP contribution in [0.15, 0.2) is 65.6 Å². The molecule has 4 aromatic rings. The van der Waals surface area contributed by atoms with Gasteiger partial charge in [0.15, 0.2) is 0 Å². The normalized spacial score (nSPS) is 11.1. The lowest BCUT2D eigenvalue weighted by Crippen LogP contribution is -2.27. The van der Waals surface area contributed by atoms with Gasteiger partial charge < -0.3 is 18.9 Å². The summed E-state index contributed by atoms with van der Waals surface area (Å²) in [6, 6.07) is 12.1. The van der Waals surface area contributed by atoms with E-state index in [-0.39, 0.29) is 39.6 Å². The van der Waals surface area contributed by atoms with Gasteiger partial charge in [0.1, 0.15) is 23.5 Å². The fourth-order valence-electron chi connectivity index (χ4n) is 3.97. The number of methoxy groups -OCH3 is 1. The summed E-state index contributed by atoms with van der Waals surface area (Å²) in [5.41, 5.74) is 0.0805. The van der Waals surface area contributed by atoms with Crippen LogP contribution in [0.25, 0.3) is 11.1 Å². The van der Waals surface area contributed by atoms with Crippen molar-refractivity contribution < 1.29 is 32.0 Å². The molecule has 2 heterocycles. The minimum atomic E-state index is -4.74. The van der Waals surface area contributed by atoms with Crippen molar-refractivity contribution in [3.63, 3.8) is 0 Å². The molecule has 1 amide bonds. The maximum atomic E-state index is 13.8. The van der Waals surface area contributed by atoms with Gasteiger partial charge >= 0.3 is 6.18 Å². The molecule has 0 saturated heterocycles. The summed E-state index contributed by atoms with van der Waals surface area (Å²) in [4.78, 5) is 18.6. The minimum Gasteiger partial charge on any atom is -0.495 e. The van der Waals surface area contributed by atoms with Crippen LogP contribution in [0.3, 0.4) is 0 Å². The molecular formula is C28H22ClF3N4O4. The summed E-state index contributed by atoms with van der Waals surface area (Å²) < 4.78 is 55.8. The fourth-order valence-corrected chi connectivity index (χ4v) is 4.23. The van der Waals surface area contributed by atoms with Gasteiger partial charge in [-0.15, -0.1) is 0 Å². The highest BCUT2D eigenvalue weighted by Gasteiger charge is 2.33. The Labute approximate surface area is 232 Å². The quantitative estimate of drug-likeness (QED) is 0.210. The molecular weight excluding hydrogens is 549 g/mol. The second-order valence-corrected chi connectivity index (χ2v) is 8.98. The molecule has 0 saturated carbocycles. The third-order valence-electron chi connectivity index (χ3n) is 6.01. The van der Waals surface area contributed by atoms with Crippen molar-refractivity contribution in [2.24, 2.45) is 0 Å². The zero-order valence-electron chi connectivity index (χ0n) is 21.3. The Bertz CT molecular complexity index is 1550. The van der Waals surface area contributed by atoms with Gasteiger partial charge in [0, 0.05) is 36.0 Å². The SMILES string of the molecule is COc1ccccc1N(C)C(=O)c1cc(-c2cnc(C(F)(F)F)cc2C#N)c(Cl)cc1OCCCc1cnoc1. The number of aromatic nitrogens is 2. The van der Waals surface area contributed by atoms with E-state index in [2.05, 4.69) is 10.1 Å². The first kappa shape index (κ1) is 28.4. The van der Waals surface area contributed by atoms with E-state index in [1.807, 2.05) is 0 Å². The molecule has 8 nitrogen and oxygen atoms in total. The summed E-state index contributed by atoms with van der Waals surface area (Å²) in [5, 5.41) is 13.3. The molecule has 0 radical (unpaired) electrons. The van der Waals surface area contributed by atoms with Crippen molar-refractivity contribution in [2.75, 3.05) is 25.7 Å². The molecule has 0 atom stereocenters. The molecule has 2 aromatic heterocycles. The average Bonchev–Trinajstić information content (AvgIpc) is 3.47. The van der Waals surface area contributed by atoms with Crippen molar-refractivity contribution in [1.82, 2.24) is 10.1 Å². The van der Waals surface area contributed by atoms with Crippen molar-refractivity contribution in [3.05, 3.63) is 88.5 Å². The van der Waals surface area contributed by atoms with Crippen LogP contribution in [-0.4, -0.2) is 36.8 Å². The van der Waals surface area contributed by atoms with Crippen LogP contribution >= 0.6 is 11.6 Å². The van der Waals surface area contributed by atoms with Gasteiger partial charge in [-0.1, -0.05) is 28.9 Å². The Kier molecular flexibility index (Phi) is 8.60. The van der Waals surface area contributed by atoms with E-state index < -0.39 is 17.8 Å². The van der Waals surface area contributed by atoms with Gasteiger partial charge in [-0.3, -0.25) is 9.78 Å². The molecule has 4 rings (SSSR count). The highest BCUT2D eigenvalue weighted by molar-refractivity contribution is 6.34. The third-order valence-corrected chi connectivity index (χ3v) is 6.32. The van der Waals surface area contributed by atoms with Crippen LogP contribution in [-0.2, 0) is 12.6 Å². The van der Waals surface area contributed by atoms with Crippen LogP contribution in [0.5, 0.6) is 11.5 Å². The molecule has 40 heavy (non-hydrogen) atoms. The molecule has 2 aromatic carbocycles. The molecule has 0 aliphatic rings. The van der Waals surface area contributed by atoms with E-state index in [0.29, 0.717) is 30.3 Å². The first-order chi connectivity index (χ1) is 19.1. The number of pyridine rings is 1. The maximum absolute atomic E-state index is 13.8. The van der Waals surface area contributed by atoms with E-state index in [1.54, 1.807) is 43.6 Å². The number of benzene rings is 2. The average molecular weight is 571 g/mol. The Morgan fingerprint density at radius 3 is 2.60 bits per heavy atom. The number of carbonyl (C=O) groups is 1. The number of carbonyl (C=O) groups excluding carboxylic acids is 1. The Morgan fingerprint density at radius 2 is 1.93 bits per heavy atom. The van der Waals surface area contributed by atoms with Crippen molar-refractivity contribution in [2.45, 2.75) is 19.0 Å². The molecule has 0 spiro atoms. The van der Waals surface area contributed by atoms with Crippen molar-refractivity contribution in [3.8, 4) is 28.7 Å². The number of nitrogens with zero attached hydrogens (tertiary/aromatic N) is 4. The number of anilines is 1. The molecule has 0 aliphatic carbocycles. The summed E-state index contributed by atoms with van der Waals surface area (Å²) in [7, 11) is 3.02. The molecule has 0 unspecified atom stereocenters. The van der Waals surface area contributed by atoms with E-state index in [0.717, 1.165) is 11.8 Å². The summed E-state index contributed by atoms with van der Waals surface area (Å²) in [6.45, 7) is 0.213. The largest absolute Gasteiger partial charge is 0.495 e. The molecule has 206 valence electrons. The zero-order chi connectivity index (χ0) is 28.9. The minimum absolute atomic E-state index is 0.0357. The number of ether oxygens (including phenoxy) is 2. The van der Waals surface area contributed by atoms with Crippen molar-refractivity contribution in [1.29, 1.82) is 5.26 Å².